The van der Waals surface area contributed by atoms with E-state index in [0.29, 0.717) is 13.2 Å². The molecular weight excluding hydrogens is 284 g/mol. The van der Waals surface area contributed by atoms with Crippen molar-refractivity contribution in [3.63, 3.8) is 0 Å². The molecule has 3 rings (SSSR count). The molecule has 0 spiro atoms. The van der Waals surface area contributed by atoms with Crippen LogP contribution in [0.3, 0.4) is 0 Å². The standard InChI is InChI=1S/C16H24N2O4/c1-21-12-2-3-15-13(10-12)16(14(20)11-22-15)18-6-4-17(5-7-18)8-9-19/h2-3,10,14,16,19-20H,4-9,11H2,1H3. The number of nitrogens with zero attached hydrogens (tertiary/aromatic N) is 2. The highest BCUT2D eigenvalue weighted by Crippen LogP contribution is 2.38. The van der Waals surface area contributed by atoms with Crippen molar-refractivity contribution in [3.05, 3.63) is 23.8 Å². The lowest BCUT2D eigenvalue weighted by molar-refractivity contribution is -0.0195. The molecule has 1 saturated heterocycles. The van der Waals surface area contributed by atoms with Crippen LogP contribution in [0.25, 0.3) is 0 Å². The minimum atomic E-state index is -0.538. The second-order valence-electron chi connectivity index (χ2n) is 5.83. The highest BCUT2D eigenvalue weighted by atomic mass is 16.5. The molecule has 2 N–H and O–H groups in total. The summed E-state index contributed by atoms with van der Waals surface area (Å²) in [6.45, 7) is 4.79. The van der Waals surface area contributed by atoms with Crippen molar-refractivity contribution in [1.29, 1.82) is 0 Å². The van der Waals surface area contributed by atoms with Crippen LogP contribution < -0.4 is 9.47 Å². The van der Waals surface area contributed by atoms with Gasteiger partial charge in [0.05, 0.1) is 19.8 Å². The van der Waals surface area contributed by atoms with E-state index in [1.165, 1.54) is 0 Å². The molecule has 0 aliphatic carbocycles. The number of fused-ring (bicyclic) bond motifs is 1. The second-order valence-corrected chi connectivity index (χ2v) is 5.83. The summed E-state index contributed by atoms with van der Waals surface area (Å²) in [6.07, 6.45) is -0.538. The summed E-state index contributed by atoms with van der Waals surface area (Å²) in [4.78, 5) is 4.55. The first-order valence-electron chi connectivity index (χ1n) is 7.79. The number of hydrogen-bond acceptors (Lipinski definition) is 6. The van der Waals surface area contributed by atoms with Gasteiger partial charge >= 0.3 is 0 Å². The Balaban J connectivity index is 1.79. The van der Waals surface area contributed by atoms with Crippen molar-refractivity contribution >= 4 is 0 Å². The number of β-amino-alcohol motifs (C(OH)–C–C–N with tert-alkyl or cyclic N) is 1. The zero-order valence-corrected chi connectivity index (χ0v) is 12.9. The Morgan fingerprint density at radius 3 is 2.73 bits per heavy atom. The van der Waals surface area contributed by atoms with E-state index in [-0.39, 0.29) is 12.6 Å². The molecule has 6 nitrogen and oxygen atoms in total. The molecule has 2 aliphatic rings. The SMILES string of the molecule is COc1ccc2c(c1)C(N1CCN(CCO)CC1)C(O)CO2. The van der Waals surface area contributed by atoms with Gasteiger partial charge in [-0.15, -0.1) is 0 Å². The molecule has 2 aliphatic heterocycles. The molecule has 122 valence electrons. The maximum atomic E-state index is 10.4. The molecule has 6 heteroatoms. The van der Waals surface area contributed by atoms with Gasteiger partial charge in [-0.05, 0) is 18.2 Å². The fourth-order valence-corrected chi connectivity index (χ4v) is 3.34. The minimum absolute atomic E-state index is 0.0601. The summed E-state index contributed by atoms with van der Waals surface area (Å²) < 4.78 is 10.9. The molecule has 1 fully saturated rings. The van der Waals surface area contributed by atoms with Gasteiger partial charge in [-0.3, -0.25) is 9.80 Å². The summed E-state index contributed by atoms with van der Waals surface area (Å²) in [6, 6.07) is 5.69. The molecule has 2 unspecified atom stereocenters. The molecule has 2 atom stereocenters. The molecule has 0 aromatic heterocycles. The van der Waals surface area contributed by atoms with Crippen LogP contribution in [0.15, 0.2) is 18.2 Å². The van der Waals surface area contributed by atoms with Gasteiger partial charge in [0, 0.05) is 38.3 Å². The summed E-state index contributed by atoms with van der Waals surface area (Å²) >= 11 is 0. The van der Waals surface area contributed by atoms with Crippen LogP contribution in [-0.2, 0) is 0 Å². The lowest BCUT2D eigenvalue weighted by Gasteiger charge is -2.43. The van der Waals surface area contributed by atoms with Gasteiger partial charge in [-0.1, -0.05) is 0 Å². The summed E-state index contributed by atoms with van der Waals surface area (Å²) in [5, 5.41) is 19.5. The Labute approximate surface area is 130 Å². The summed E-state index contributed by atoms with van der Waals surface area (Å²) in [7, 11) is 1.64. The average molecular weight is 308 g/mol. The Morgan fingerprint density at radius 2 is 2.05 bits per heavy atom. The third-order valence-corrected chi connectivity index (χ3v) is 4.53. The van der Waals surface area contributed by atoms with Gasteiger partial charge in [0.2, 0.25) is 0 Å². The van der Waals surface area contributed by atoms with Crippen molar-refractivity contribution in [2.45, 2.75) is 12.1 Å². The maximum absolute atomic E-state index is 10.4. The van der Waals surface area contributed by atoms with Crippen LogP contribution in [0, 0.1) is 0 Å². The number of hydrogen-bond donors (Lipinski definition) is 2. The first-order chi connectivity index (χ1) is 10.7. The van der Waals surface area contributed by atoms with Crippen molar-refractivity contribution < 1.29 is 19.7 Å². The smallest absolute Gasteiger partial charge is 0.124 e. The van der Waals surface area contributed by atoms with E-state index < -0.39 is 6.10 Å². The van der Waals surface area contributed by atoms with Crippen molar-refractivity contribution in [3.8, 4) is 11.5 Å². The number of benzene rings is 1. The van der Waals surface area contributed by atoms with Crippen LogP contribution in [-0.4, -0.2) is 79.2 Å². The van der Waals surface area contributed by atoms with E-state index in [4.69, 9.17) is 14.6 Å². The van der Waals surface area contributed by atoms with Crippen molar-refractivity contribution in [1.82, 2.24) is 9.80 Å². The lowest BCUT2D eigenvalue weighted by atomic mass is 9.95. The molecule has 1 aromatic carbocycles. The van der Waals surface area contributed by atoms with Crippen LogP contribution in [0.5, 0.6) is 11.5 Å². The third kappa shape index (κ3) is 3.05. The normalized spacial score (nSPS) is 26.3. The predicted octanol–water partition coefficient (Wildman–Crippen LogP) is 0.0995. The Morgan fingerprint density at radius 1 is 1.27 bits per heavy atom. The minimum Gasteiger partial charge on any atom is -0.497 e. The fourth-order valence-electron chi connectivity index (χ4n) is 3.34. The van der Waals surface area contributed by atoms with E-state index in [9.17, 15) is 5.11 Å². The molecule has 0 amide bonds. The number of rotatable bonds is 4. The molecule has 1 aromatic rings. The quantitative estimate of drug-likeness (QED) is 0.822. The van der Waals surface area contributed by atoms with Gasteiger partial charge < -0.3 is 19.7 Å². The van der Waals surface area contributed by atoms with Crippen LogP contribution >= 0.6 is 0 Å². The van der Waals surface area contributed by atoms with Crippen molar-refractivity contribution in [2.24, 2.45) is 0 Å². The van der Waals surface area contributed by atoms with Gasteiger partial charge in [0.1, 0.15) is 24.2 Å². The van der Waals surface area contributed by atoms with E-state index in [1.807, 2.05) is 18.2 Å². The molecule has 0 radical (unpaired) electrons. The average Bonchev–Trinajstić information content (AvgIpc) is 2.55. The Hall–Kier alpha value is -1.34. The van der Waals surface area contributed by atoms with Crippen LogP contribution in [0.4, 0.5) is 0 Å². The summed E-state index contributed by atoms with van der Waals surface area (Å²) in [5.74, 6) is 1.61. The molecular formula is C16H24N2O4. The first-order valence-corrected chi connectivity index (χ1v) is 7.79. The van der Waals surface area contributed by atoms with E-state index in [0.717, 1.165) is 43.2 Å². The van der Waals surface area contributed by atoms with Gasteiger partial charge in [-0.25, -0.2) is 0 Å². The molecule has 2 heterocycles. The number of methoxy groups -OCH3 is 1. The van der Waals surface area contributed by atoms with Gasteiger partial charge in [-0.2, -0.15) is 0 Å². The summed E-state index contributed by atoms with van der Waals surface area (Å²) in [5.41, 5.74) is 0.994. The van der Waals surface area contributed by atoms with Crippen molar-refractivity contribution in [2.75, 3.05) is 53.0 Å². The third-order valence-electron chi connectivity index (χ3n) is 4.53. The monoisotopic (exact) mass is 308 g/mol. The zero-order chi connectivity index (χ0) is 15.5. The van der Waals surface area contributed by atoms with Crippen LogP contribution in [0.1, 0.15) is 11.6 Å². The Kier molecular flexibility index (Phi) is 4.83. The van der Waals surface area contributed by atoms with E-state index >= 15 is 0 Å². The highest BCUT2D eigenvalue weighted by Gasteiger charge is 2.35. The number of piperazine rings is 1. The van der Waals surface area contributed by atoms with Crippen LogP contribution in [0.2, 0.25) is 0 Å². The first kappa shape index (κ1) is 15.6. The predicted molar refractivity (Wildman–Crippen MR) is 82.3 cm³/mol. The number of ether oxygens (including phenoxy) is 2. The number of aliphatic hydroxyl groups excluding tert-OH is 2. The molecule has 0 saturated carbocycles. The number of aliphatic hydroxyl groups is 2. The van der Waals surface area contributed by atoms with E-state index in [1.54, 1.807) is 7.11 Å². The largest absolute Gasteiger partial charge is 0.497 e. The van der Waals surface area contributed by atoms with E-state index in [2.05, 4.69) is 9.80 Å². The fraction of sp³-hybridized carbons (Fsp3) is 0.625. The highest BCUT2D eigenvalue weighted by molar-refractivity contribution is 5.44. The van der Waals surface area contributed by atoms with Gasteiger partial charge in [0.15, 0.2) is 0 Å². The Bertz CT molecular complexity index is 503. The molecule has 22 heavy (non-hydrogen) atoms. The zero-order valence-electron chi connectivity index (χ0n) is 12.9. The topological polar surface area (TPSA) is 65.4 Å². The molecule has 0 bridgehead atoms. The second kappa shape index (κ2) is 6.83. The lowest BCUT2D eigenvalue weighted by Crippen LogP contribution is -2.52. The van der Waals surface area contributed by atoms with Gasteiger partial charge in [0.25, 0.3) is 0 Å². The maximum Gasteiger partial charge on any atom is 0.124 e.